The summed E-state index contributed by atoms with van der Waals surface area (Å²) in [5.74, 6) is 6.75. The van der Waals surface area contributed by atoms with Crippen LogP contribution in [0.25, 0.3) is 0 Å². The molecule has 0 saturated heterocycles. The lowest BCUT2D eigenvalue weighted by atomic mass is 9.84. The minimum atomic E-state index is 0.436. The molecular formula is C19H30N2. The summed E-state index contributed by atoms with van der Waals surface area (Å²) in [6.07, 6.45) is 14.7. The van der Waals surface area contributed by atoms with Gasteiger partial charge in [-0.2, -0.15) is 0 Å². The molecule has 0 aliphatic heterocycles. The average molecular weight is 286 g/mol. The Morgan fingerprint density at radius 2 is 1.86 bits per heavy atom. The number of rotatable bonds is 6. The maximum atomic E-state index is 5.80. The fourth-order valence-corrected chi connectivity index (χ4v) is 4.19. The van der Waals surface area contributed by atoms with E-state index in [1.54, 1.807) is 11.1 Å². The molecule has 0 radical (unpaired) electrons. The molecule has 0 amide bonds. The largest absolute Gasteiger partial charge is 0.271 e. The highest BCUT2D eigenvalue weighted by Gasteiger charge is 2.17. The van der Waals surface area contributed by atoms with Crippen LogP contribution in [0.3, 0.4) is 0 Å². The third-order valence-electron chi connectivity index (χ3n) is 5.53. The van der Waals surface area contributed by atoms with Crippen LogP contribution in [0.4, 0.5) is 0 Å². The van der Waals surface area contributed by atoms with Crippen LogP contribution in [0.2, 0.25) is 0 Å². The summed E-state index contributed by atoms with van der Waals surface area (Å²) >= 11 is 0. The molecule has 116 valence electrons. The first-order chi connectivity index (χ1) is 10.3. The van der Waals surface area contributed by atoms with Crippen LogP contribution < -0.4 is 11.3 Å². The van der Waals surface area contributed by atoms with Crippen LogP contribution in [0.1, 0.15) is 68.1 Å². The Morgan fingerprint density at radius 3 is 2.67 bits per heavy atom. The summed E-state index contributed by atoms with van der Waals surface area (Å²) in [6.45, 7) is 0. The number of fused-ring (bicyclic) bond motifs is 1. The topological polar surface area (TPSA) is 38.0 Å². The summed E-state index contributed by atoms with van der Waals surface area (Å²) in [5.41, 5.74) is 7.67. The summed E-state index contributed by atoms with van der Waals surface area (Å²) in [5, 5.41) is 0. The van der Waals surface area contributed by atoms with Gasteiger partial charge in [0, 0.05) is 6.04 Å². The predicted molar refractivity (Wildman–Crippen MR) is 89.1 cm³/mol. The van der Waals surface area contributed by atoms with Gasteiger partial charge in [-0.3, -0.25) is 11.3 Å². The van der Waals surface area contributed by atoms with E-state index in [1.165, 1.54) is 69.8 Å². The van der Waals surface area contributed by atoms with E-state index in [2.05, 4.69) is 23.6 Å². The number of benzene rings is 1. The van der Waals surface area contributed by atoms with Crippen molar-refractivity contribution in [2.75, 3.05) is 0 Å². The number of aryl methyl sites for hydroxylation is 2. The van der Waals surface area contributed by atoms with Crippen LogP contribution in [-0.4, -0.2) is 6.04 Å². The van der Waals surface area contributed by atoms with Gasteiger partial charge in [-0.25, -0.2) is 0 Å². The lowest BCUT2D eigenvalue weighted by Crippen LogP contribution is -2.37. The minimum Gasteiger partial charge on any atom is -0.271 e. The van der Waals surface area contributed by atoms with Gasteiger partial charge in [0.05, 0.1) is 0 Å². The monoisotopic (exact) mass is 286 g/mol. The van der Waals surface area contributed by atoms with Crippen molar-refractivity contribution >= 4 is 0 Å². The highest BCUT2D eigenvalue weighted by molar-refractivity contribution is 5.35. The molecule has 2 heteroatoms. The fraction of sp³-hybridized carbons (Fsp3) is 0.684. The quantitative estimate of drug-likeness (QED) is 0.614. The SMILES string of the molecule is NNC(CCC1CCCCC1)Cc1ccc2c(c1)CCC2. The number of hydrazine groups is 1. The molecule has 2 aliphatic rings. The average Bonchev–Trinajstić information content (AvgIpc) is 3.00. The Hall–Kier alpha value is -0.860. The molecular weight excluding hydrogens is 256 g/mol. The van der Waals surface area contributed by atoms with E-state index >= 15 is 0 Å². The van der Waals surface area contributed by atoms with Gasteiger partial charge in [0.1, 0.15) is 0 Å². The van der Waals surface area contributed by atoms with Crippen molar-refractivity contribution in [3.8, 4) is 0 Å². The zero-order chi connectivity index (χ0) is 14.5. The Labute approximate surface area is 129 Å². The molecule has 1 fully saturated rings. The molecule has 3 N–H and O–H groups in total. The normalized spacial score (nSPS) is 20.4. The first-order valence-corrected chi connectivity index (χ1v) is 8.92. The van der Waals surface area contributed by atoms with Gasteiger partial charge in [-0.15, -0.1) is 0 Å². The second-order valence-corrected chi connectivity index (χ2v) is 7.11. The highest BCUT2D eigenvalue weighted by atomic mass is 15.2. The van der Waals surface area contributed by atoms with Crippen LogP contribution in [0.15, 0.2) is 18.2 Å². The molecule has 1 aromatic carbocycles. The highest BCUT2D eigenvalue weighted by Crippen LogP contribution is 2.28. The van der Waals surface area contributed by atoms with Gasteiger partial charge in [-0.1, -0.05) is 50.3 Å². The van der Waals surface area contributed by atoms with E-state index in [4.69, 9.17) is 5.84 Å². The molecule has 0 aromatic heterocycles. The summed E-state index contributed by atoms with van der Waals surface area (Å²) in [7, 11) is 0. The van der Waals surface area contributed by atoms with Crippen LogP contribution in [0.5, 0.6) is 0 Å². The molecule has 0 heterocycles. The number of nitrogens with two attached hydrogens (primary N) is 1. The van der Waals surface area contributed by atoms with Crippen molar-refractivity contribution in [2.24, 2.45) is 11.8 Å². The zero-order valence-electron chi connectivity index (χ0n) is 13.2. The Bertz CT molecular complexity index is 449. The standard InChI is InChI=1S/C19H30N2/c20-21-19(12-10-15-5-2-1-3-6-15)14-16-9-11-17-7-4-8-18(17)13-16/h9,11,13,15,19,21H,1-8,10,12,14,20H2. The summed E-state index contributed by atoms with van der Waals surface area (Å²) < 4.78 is 0. The van der Waals surface area contributed by atoms with Crippen LogP contribution in [-0.2, 0) is 19.3 Å². The smallest absolute Gasteiger partial charge is 0.0251 e. The number of nitrogens with one attached hydrogen (secondary N) is 1. The van der Waals surface area contributed by atoms with Gasteiger partial charge in [0.2, 0.25) is 0 Å². The molecule has 1 aromatic rings. The Kier molecular flexibility index (Phi) is 5.32. The summed E-state index contributed by atoms with van der Waals surface area (Å²) in [4.78, 5) is 0. The second-order valence-electron chi connectivity index (χ2n) is 7.11. The minimum absolute atomic E-state index is 0.436. The van der Waals surface area contributed by atoms with Crippen molar-refractivity contribution in [1.29, 1.82) is 0 Å². The molecule has 3 rings (SSSR count). The van der Waals surface area contributed by atoms with E-state index < -0.39 is 0 Å². The maximum absolute atomic E-state index is 5.80. The molecule has 0 spiro atoms. The number of hydrogen-bond donors (Lipinski definition) is 2. The molecule has 1 atom stereocenters. The van der Waals surface area contributed by atoms with Gasteiger partial charge >= 0.3 is 0 Å². The molecule has 0 bridgehead atoms. The molecule has 21 heavy (non-hydrogen) atoms. The van der Waals surface area contributed by atoms with Crippen LogP contribution in [0, 0.1) is 5.92 Å². The van der Waals surface area contributed by atoms with Crippen molar-refractivity contribution in [3.05, 3.63) is 34.9 Å². The maximum Gasteiger partial charge on any atom is 0.0251 e. The molecule has 1 unspecified atom stereocenters. The Morgan fingerprint density at radius 1 is 1.05 bits per heavy atom. The van der Waals surface area contributed by atoms with E-state index in [0.717, 1.165) is 12.3 Å². The first-order valence-electron chi connectivity index (χ1n) is 8.92. The fourth-order valence-electron chi connectivity index (χ4n) is 4.19. The second kappa shape index (κ2) is 7.42. The predicted octanol–water partition coefficient (Wildman–Crippen LogP) is 3.91. The van der Waals surface area contributed by atoms with Gasteiger partial charge in [0.25, 0.3) is 0 Å². The number of hydrogen-bond acceptors (Lipinski definition) is 2. The van der Waals surface area contributed by atoms with Crippen molar-refractivity contribution in [3.63, 3.8) is 0 Å². The van der Waals surface area contributed by atoms with Crippen LogP contribution >= 0.6 is 0 Å². The van der Waals surface area contributed by atoms with Gasteiger partial charge < -0.3 is 0 Å². The lowest BCUT2D eigenvalue weighted by molar-refractivity contribution is 0.313. The van der Waals surface area contributed by atoms with E-state index in [-0.39, 0.29) is 0 Å². The zero-order valence-corrected chi connectivity index (χ0v) is 13.2. The Balaban J connectivity index is 1.51. The first kappa shape index (κ1) is 15.1. The van der Waals surface area contributed by atoms with E-state index in [0.29, 0.717) is 6.04 Å². The van der Waals surface area contributed by atoms with Crippen molar-refractivity contribution in [1.82, 2.24) is 5.43 Å². The van der Waals surface area contributed by atoms with Gasteiger partial charge in [0.15, 0.2) is 0 Å². The molecule has 1 saturated carbocycles. The van der Waals surface area contributed by atoms with Crippen molar-refractivity contribution < 1.29 is 0 Å². The summed E-state index contributed by atoms with van der Waals surface area (Å²) in [6, 6.07) is 7.51. The molecule has 2 aliphatic carbocycles. The third kappa shape index (κ3) is 4.08. The molecule has 2 nitrogen and oxygen atoms in total. The van der Waals surface area contributed by atoms with Crippen molar-refractivity contribution in [2.45, 2.75) is 76.7 Å². The van der Waals surface area contributed by atoms with E-state index in [9.17, 15) is 0 Å². The third-order valence-corrected chi connectivity index (χ3v) is 5.53. The van der Waals surface area contributed by atoms with E-state index in [1.807, 2.05) is 0 Å². The lowest BCUT2D eigenvalue weighted by Gasteiger charge is -2.24. The van der Waals surface area contributed by atoms with Gasteiger partial charge in [-0.05, 0) is 61.1 Å².